The molecule has 2 aliphatic rings. The number of alkyl halides is 6. The van der Waals surface area contributed by atoms with E-state index < -0.39 is 47.1 Å². The number of aromatic carboxylic acids is 1. The van der Waals surface area contributed by atoms with Crippen LogP contribution in [0.15, 0.2) is 82.5 Å². The maximum atomic E-state index is 13.4. The normalized spacial score (nSPS) is 15.2. The molecule has 0 saturated carbocycles. The summed E-state index contributed by atoms with van der Waals surface area (Å²) >= 11 is 0. The molecule has 0 unspecified atom stereocenters. The highest BCUT2D eigenvalue weighted by Crippen LogP contribution is 2.38. The summed E-state index contributed by atoms with van der Waals surface area (Å²) in [6.45, 7) is 9.43. The summed E-state index contributed by atoms with van der Waals surface area (Å²) in [5.74, 6) is -2.26. The largest absolute Gasteiger partial charge is 0.476 e. The van der Waals surface area contributed by atoms with Gasteiger partial charge in [0.25, 0.3) is 0 Å². The molecule has 2 amide bonds. The molecule has 360 valence electrons. The molecular formula is C42H42F6N12O8. The van der Waals surface area contributed by atoms with Gasteiger partial charge in [0, 0.05) is 77.8 Å². The predicted molar refractivity (Wildman–Crippen MR) is 221 cm³/mol. The summed E-state index contributed by atoms with van der Waals surface area (Å²) in [7, 11) is 0. The van der Waals surface area contributed by atoms with Crippen molar-refractivity contribution >= 4 is 24.0 Å². The second-order valence-corrected chi connectivity index (χ2v) is 16.4. The van der Waals surface area contributed by atoms with Crippen LogP contribution in [0.5, 0.6) is 0 Å². The summed E-state index contributed by atoms with van der Waals surface area (Å²) < 4.78 is 97.7. The maximum Gasteiger partial charge on any atom is 0.417 e. The Morgan fingerprint density at radius 3 is 1.38 bits per heavy atom. The summed E-state index contributed by atoms with van der Waals surface area (Å²) in [6, 6.07) is 9.44. The summed E-state index contributed by atoms with van der Waals surface area (Å²) in [5.41, 5.74) is -1.67. The highest BCUT2D eigenvalue weighted by Gasteiger charge is 2.37. The van der Waals surface area contributed by atoms with Crippen molar-refractivity contribution in [3.05, 3.63) is 107 Å². The molecule has 2 aromatic carbocycles. The first-order valence-electron chi connectivity index (χ1n) is 20.7. The number of benzene rings is 2. The Bertz CT molecular complexity index is 2720. The van der Waals surface area contributed by atoms with Gasteiger partial charge >= 0.3 is 36.4 Å². The molecule has 68 heavy (non-hydrogen) atoms. The first-order valence-corrected chi connectivity index (χ1v) is 20.7. The Morgan fingerprint density at radius 1 is 0.618 bits per heavy atom. The van der Waals surface area contributed by atoms with Crippen LogP contribution in [-0.4, -0.2) is 147 Å². The van der Waals surface area contributed by atoms with Crippen LogP contribution in [0, 0.1) is 0 Å². The van der Waals surface area contributed by atoms with Crippen LogP contribution < -0.4 is 0 Å². The van der Waals surface area contributed by atoms with Gasteiger partial charge in [-0.25, -0.2) is 19.2 Å². The number of esters is 1. The summed E-state index contributed by atoms with van der Waals surface area (Å²) in [5, 5.41) is 30.9. The van der Waals surface area contributed by atoms with Crippen LogP contribution in [0.2, 0.25) is 0 Å². The Balaban J connectivity index is 0.000000203. The van der Waals surface area contributed by atoms with E-state index in [-0.39, 0.29) is 40.3 Å². The van der Waals surface area contributed by atoms with E-state index in [4.69, 9.17) is 18.7 Å². The van der Waals surface area contributed by atoms with Crippen LogP contribution in [0.3, 0.4) is 0 Å². The molecule has 20 nitrogen and oxygen atoms in total. The van der Waals surface area contributed by atoms with Crippen molar-refractivity contribution in [3.8, 4) is 22.9 Å². The number of carboxylic acid groups (broad SMARTS) is 1. The summed E-state index contributed by atoms with van der Waals surface area (Å²) in [6.07, 6.45) is -4.48. The lowest BCUT2D eigenvalue weighted by Gasteiger charge is -2.34. The zero-order chi connectivity index (χ0) is 49.0. The average Bonchev–Trinajstić information content (AvgIpc) is 4.14. The minimum Gasteiger partial charge on any atom is -0.476 e. The number of amides is 2. The van der Waals surface area contributed by atoms with E-state index in [0.29, 0.717) is 76.6 Å². The third-order valence-corrected chi connectivity index (χ3v) is 10.5. The van der Waals surface area contributed by atoms with Crippen molar-refractivity contribution in [1.29, 1.82) is 0 Å². The molecule has 0 aliphatic carbocycles. The number of carboxylic acids is 1. The van der Waals surface area contributed by atoms with E-state index in [1.165, 1.54) is 53.7 Å². The summed E-state index contributed by atoms with van der Waals surface area (Å²) in [4.78, 5) is 55.5. The molecular weight excluding hydrogens is 915 g/mol. The van der Waals surface area contributed by atoms with Gasteiger partial charge in [-0.3, -0.25) is 9.80 Å². The fourth-order valence-electron chi connectivity index (χ4n) is 7.22. The second-order valence-electron chi connectivity index (χ2n) is 16.4. The van der Waals surface area contributed by atoms with Gasteiger partial charge in [0.05, 0.1) is 22.3 Å². The van der Waals surface area contributed by atoms with Crippen molar-refractivity contribution in [2.75, 3.05) is 52.4 Å². The molecule has 0 spiro atoms. The van der Waals surface area contributed by atoms with E-state index in [1.807, 2.05) is 9.80 Å². The topological polar surface area (TPSA) is 224 Å². The molecule has 2 fully saturated rings. The molecule has 2 aliphatic heterocycles. The van der Waals surface area contributed by atoms with Crippen LogP contribution in [0.1, 0.15) is 64.0 Å². The number of hydrogen-bond donors (Lipinski definition) is 1. The standard InChI is InChI=1S/C23H25F3N6O4.C19H17F3N6O4/c1-22(2,3)36-20(33)18-6-7-32(29-18)21(34)31-10-8-30(9-11-31)13-15-4-5-17(23(24,25)26)16(12-15)19-28-27-14-35-19;20-19(21,22)14-2-1-12(9-13(14)16-24-23-11-32-16)10-26-5-7-27(8-6-26)18(31)28-4-3-15(25-28)17(29)30/h4-7,12,14H,8-11,13H2,1-3H3;1-4,9,11H,5-8,10H2,(H,29,30). The third-order valence-electron chi connectivity index (χ3n) is 10.5. The minimum atomic E-state index is -4.57. The van der Waals surface area contributed by atoms with E-state index in [2.05, 4.69) is 30.6 Å². The Hall–Kier alpha value is -7.48. The number of aromatic nitrogens is 8. The van der Waals surface area contributed by atoms with Gasteiger partial charge in [0.15, 0.2) is 11.4 Å². The van der Waals surface area contributed by atoms with Gasteiger partial charge in [0.1, 0.15) is 5.60 Å². The highest BCUT2D eigenvalue weighted by molar-refractivity contribution is 5.88. The van der Waals surface area contributed by atoms with Gasteiger partial charge in [0.2, 0.25) is 24.6 Å². The third kappa shape index (κ3) is 11.9. The predicted octanol–water partition coefficient (Wildman–Crippen LogP) is 6.13. The zero-order valence-electron chi connectivity index (χ0n) is 36.4. The second kappa shape index (κ2) is 19.8. The number of piperazine rings is 2. The van der Waals surface area contributed by atoms with E-state index in [0.717, 1.165) is 34.3 Å². The van der Waals surface area contributed by atoms with Gasteiger partial charge in [-0.15, -0.1) is 20.4 Å². The lowest BCUT2D eigenvalue weighted by Crippen LogP contribution is -2.49. The van der Waals surface area contributed by atoms with Gasteiger partial charge < -0.3 is 28.5 Å². The van der Waals surface area contributed by atoms with E-state index in [1.54, 1.807) is 25.7 Å². The number of carbonyl (C=O) groups excluding carboxylic acids is 3. The first-order chi connectivity index (χ1) is 32.1. The smallest absolute Gasteiger partial charge is 0.417 e. The van der Waals surface area contributed by atoms with Crippen molar-refractivity contribution in [1.82, 2.24) is 59.6 Å². The highest BCUT2D eigenvalue weighted by atomic mass is 19.4. The quantitative estimate of drug-likeness (QED) is 0.134. The minimum absolute atomic E-state index is 0.0382. The van der Waals surface area contributed by atoms with E-state index >= 15 is 0 Å². The number of halogens is 6. The van der Waals surface area contributed by atoms with Gasteiger partial charge in [-0.1, -0.05) is 12.1 Å². The fraction of sp³-hybridized carbons (Fsp3) is 0.381. The molecule has 1 N–H and O–H groups in total. The number of rotatable bonds is 8. The molecule has 2 saturated heterocycles. The van der Waals surface area contributed by atoms with Crippen LogP contribution >= 0.6 is 0 Å². The van der Waals surface area contributed by atoms with Crippen LogP contribution in [-0.2, 0) is 30.2 Å². The monoisotopic (exact) mass is 956 g/mol. The Labute approximate surface area is 381 Å². The molecule has 6 heterocycles. The molecule has 26 heteroatoms. The van der Waals surface area contributed by atoms with Crippen molar-refractivity contribution < 1.29 is 64.2 Å². The molecule has 6 aromatic rings. The molecule has 8 rings (SSSR count). The fourth-order valence-corrected chi connectivity index (χ4v) is 7.22. The maximum absolute atomic E-state index is 13.4. The zero-order valence-corrected chi connectivity index (χ0v) is 36.4. The Morgan fingerprint density at radius 2 is 1.03 bits per heavy atom. The first kappa shape index (κ1) is 48.5. The molecule has 0 atom stereocenters. The van der Waals surface area contributed by atoms with Crippen LogP contribution in [0.25, 0.3) is 22.9 Å². The van der Waals surface area contributed by atoms with Crippen molar-refractivity contribution in [2.45, 2.75) is 51.8 Å². The van der Waals surface area contributed by atoms with E-state index in [9.17, 15) is 45.5 Å². The molecule has 4 aromatic heterocycles. The van der Waals surface area contributed by atoms with Gasteiger partial charge in [-0.2, -0.15) is 45.9 Å². The molecule has 0 bridgehead atoms. The van der Waals surface area contributed by atoms with Crippen LogP contribution in [0.4, 0.5) is 35.9 Å². The average molecular weight is 957 g/mol. The number of hydrogen-bond acceptors (Lipinski definition) is 15. The SMILES string of the molecule is CC(C)(C)OC(=O)c1ccn(C(=O)N2CCN(Cc3ccc(C(F)(F)F)c(-c4nnco4)c3)CC2)n1.O=C(O)c1ccn(C(=O)N2CCN(Cc3ccc(C(F)(F)F)c(-c4nnco4)c3)CC2)n1. The van der Waals surface area contributed by atoms with Crippen molar-refractivity contribution in [3.63, 3.8) is 0 Å². The van der Waals surface area contributed by atoms with Gasteiger partial charge in [-0.05, 0) is 68.3 Å². The lowest BCUT2D eigenvalue weighted by atomic mass is 10.0. The number of ether oxygens (including phenoxy) is 1. The lowest BCUT2D eigenvalue weighted by molar-refractivity contribution is -0.138. The number of nitrogens with zero attached hydrogens (tertiary/aromatic N) is 12. The number of carbonyl (C=O) groups is 4. The Kier molecular flexibility index (Phi) is 14.1. The molecule has 0 radical (unpaired) electrons. The van der Waals surface area contributed by atoms with Crippen molar-refractivity contribution in [2.24, 2.45) is 0 Å².